The van der Waals surface area contributed by atoms with Crippen molar-refractivity contribution in [2.24, 2.45) is 0 Å². The Morgan fingerprint density at radius 2 is 2.11 bits per heavy atom. The maximum atomic E-state index is 4.11. The molecule has 0 spiro atoms. The lowest BCUT2D eigenvalue weighted by molar-refractivity contribution is 1.40. The quantitative estimate of drug-likeness (QED) is 0.361. The molecule has 0 radical (unpaired) electrons. The van der Waals surface area contributed by atoms with E-state index in [-0.39, 0.29) is 0 Å². The van der Waals surface area contributed by atoms with E-state index >= 15 is 0 Å². The van der Waals surface area contributed by atoms with Crippen molar-refractivity contribution in [1.82, 2.24) is 9.97 Å². The first kappa shape index (κ1) is 7.43. The number of aromatic nitrogens is 2. The van der Waals surface area contributed by atoms with Crippen LogP contribution in [0.5, 0.6) is 0 Å². The van der Waals surface area contributed by atoms with Crippen LogP contribution in [0.2, 0.25) is 0 Å². The Balaban J connectivity index is 2.90. The van der Waals surface area contributed by atoms with Gasteiger partial charge in [0, 0.05) is 12.4 Å². The minimum Gasteiger partial charge on any atom is -0.381 e. The minimum absolute atomic E-state index is 0.699. The topological polar surface area (TPSA) is 28.7 Å². The normalized spacial score (nSPS) is 11.9. The molecule has 1 heterocycles. The molecule has 6 heteroatoms. The highest BCUT2D eigenvalue weighted by Crippen LogP contribution is 2.14. The zero-order chi connectivity index (χ0) is 6.91. The van der Waals surface area contributed by atoms with E-state index in [4.69, 9.17) is 0 Å². The molecule has 0 amide bonds. The van der Waals surface area contributed by atoms with Crippen molar-refractivity contribution in [2.45, 2.75) is 0 Å². The molecule has 50 valence electrons. The summed E-state index contributed by atoms with van der Waals surface area (Å²) in [5.41, 5.74) is 0.699. The number of rotatable bonds is 1. The summed E-state index contributed by atoms with van der Waals surface area (Å²) >= 11 is 12.3. The first-order chi connectivity index (χ1) is 4.11. The molecule has 1 rings (SSSR count). The summed E-state index contributed by atoms with van der Waals surface area (Å²) in [5, 5.41) is 0. The van der Waals surface area contributed by atoms with Crippen LogP contribution in [0.4, 0.5) is 0 Å². The predicted octanol–water partition coefficient (Wildman–Crippen LogP) is 0.345. The van der Waals surface area contributed by atoms with Crippen LogP contribution in [-0.4, -0.2) is 13.9 Å². The number of nitrogens with one attached hydrogen (secondary N) is 1. The first-order valence-electron chi connectivity index (χ1n) is 2.42. The van der Waals surface area contributed by atoms with E-state index in [1.54, 1.807) is 12.4 Å². The van der Waals surface area contributed by atoms with Gasteiger partial charge in [0.1, 0.15) is 0 Å². The second-order valence-corrected chi connectivity index (χ2v) is 5.25. The van der Waals surface area contributed by atoms with Gasteiger partial charge in [-0.05, 0) is 5.72 Å². The smallest absolute Gasteiger partial charge is 0.215 e. The highest BCUT2D eigenvalue weighted by atomic mass is 32.2. The number of hydrogen-bond acceptors (Lipinski definition) is 4. The van der Waals surface area contributed by atoms with Gasteiger partial charge in [-0.1, -0.05) is 0 Å². The average Bonchev–Trinajstić information content (AvgIpc) is 2.08. The van der Waals surface area contributed by atoms with Crippen molar-refractivity contribution in [3.05, 3.63) is 12.4 Å². The summed E-state index contributed by atoms with van der Waals surface area (Å²) in [5.74, 6) is 0. The number of imidazole rings is 1. The SMILES string of the molecule is S[B-](S)(S)c1ncc[nH]1. The highest BCUT2D eigenvalue weighted by molar-refractivity contribution is 8.70. The molecule has 0 saturated heterocycles. The van der Waals surface area contributed by atoms with Crippen LogP contribution >= 0.6 is 37.4 Å². The van der Waals surface area contributed by atoms with Crippen LogP contribution in [0.3, 0.4) is 0 Å². The summed E-state index contributed by atoms with van der Waals surface area (Å²) in [6.45, 7) is 0. The fourth-order valence-corrected chi connectivity index (χ4v) is 0.913. The standard InChI is InChI=1S/C3H6BN2S3/c7-4(8,9)3-5-1-2-6-3/h1-2,7-9H,(H,5,6)/q-1. The van der Waals surface area contributed by atoms with Gasteiger partial charge in [0.05, 0.1) is 0 Å². The van der Waals surface area contributed by atoms with Gasteiger partial charge >= 0.3 is 0 Å². The van der Waals surface area contributed by atoms with Crippen molar-refractivity contribution >= 4 is 47.1 Å². The summed E-state index contributed by atoms with van der Waals surface area (Å²) < 4.78 is -1.35. The van der Waals surface area contributed by atoms with E-state index < -0.39 is 3.98 Å². The van der Waals surface area contributed by atoms with Gasteiger partial charge in [0.25, 0.3) is 0 Å². The van der Waals surface area contributed by atoms with Crippen molar-refractivity contribution in [3.8, 4) is 0 Å². The van der Waals surface area contributed by atoms with Gasteiger partial charge in [-0.2, -0.15) is 0 Å². The Morgan fingerprint density at radius 1 is 1.44 bits per heavy atom. The van der Waals surface area contributed by atoms with E-state index in [0.717, 1.165) is 0 Å². The fraction of sp³-hybridized carbons (Fsp3) is 0. The third-order valence-electron chi connectivity index (χ3n) is 0.886. The van der Waals surface area contributed by atoms with Crippen LogP contribution in [-0.2, 0) is 0 Å². The van der Waals surface area contributed by atoms with Gasteiger partial charge in [0.15, 0.2) is 0 Å². The Hall–Kier alpha value is 0.325. The summed E-state index contributed by atoms with van der Waals surface area (Å²) in [6, 6.07) is 0. The second-order valence-electron chi connectivity index (χ2n) is 1.71. The average molecular weight is 177 g/mol. The van der Waals surface area contributed by atoms with Gasteiger partial charge in [0.2, 0.25) is 3.98 Å². The zero-order valence-corrected chi connectivity index (χ0v) is 7.20. The molecule has 0 aromatic carbocycles. The fourth-order valence-electron chi connectivity index (χ4n) is 0.489. The molecule has 9 heavy (non-hydrogen) atoms. The maximum Gasteiger partial charge on any atom is 0.215 e. The summed E-state index contributed by atoms with van der Waals surface area (Å²) in [4.78, 5) is 6.80. The van der Waals surface area contributed by atoms with E-state index in [9.17, 15) is 0 Å². The molecule has 0 saturated carbocycles. The molecule has 1 aromatic heterocycles. The lowest BCUT2D eigenvalue weighted by atomic mass is 10.1. The monoisotopic (exact) mass is 177 g/mol. The number of aromatic amines is 1. The summed E-state index contributed by atoms with van der Waals surface area (Å²) in [6.07, 6.45) is 3.36. The third kappa shape index (κ3) is 1.88. The lowest BCUT2D eigenvalue weighted by Gasteiger charge is -2.18. The molecule has 2 nitrogen and oxygen atoms in total. The Labute approximate surface area is 69.7 Å². The van der Waals surface area contributed by atoms with Crippen LogP contribution in [0.25, 0.3) is 0 Å². The molecule has 0 atom stereocenters. The van der Waals surface area contributed by atoms with Gasteiger partial charge < -0.3 is 42.4 Å². The number of H-pyrrole nitrogens is 1. The van der Waals surface area contributed by atoms with Crippen molar-refractivity contribution in [2.75, 3.05) is 0 Å². The van der Waals surface area contributed by atoms with E-state index in [1.165, 1.54) is 0 Å². The third-order valence-corrected chi connectivity index (χ3v) is 1.62. The summed E-state index contributed by atoms with van der Waals surface area (Å²) in [7, 11) is 0. The number of nitrogens with zero attached hydrogens (tertiary/aromatic N) is 1. The van der Waals surface area contributed by atoms with Gasteiger partial charge in [-0.15, -0.1) is 0 Å². The maximum absolute atomic E-state index is 4.11. The van der Waals surface area contributed by atoms with E-state index in [0.29, 0.717) is 5.72 Å². The second kappa shape index (κ2) is 2.52. The molecule has 0 aliphatic carbocycles. The minimum atomic E-state index is -1.35. The van der Waals surface area contributed by atoms with Crippen LogP contribution in [0.1, 0.15) is 0 Å². The molecular weight excluding hydrogens is 171 g/mol. The molecule has 0 bridgehead atoms. The lowest BCUT2D eigenvalue weighted by Crippen LogP contribution is -2.33. The molecule has 1 aromatic rings. The van der Waals surface area contributed by atoms with Gasteiger partial charge in [-0.3, -0.25) is 4.98 Å². The number of hydrogen-bond donors (Lipinski definition) is 4. The van der Waals surface area contributed by atoms with Crippen LogP contribution in [0, 0.1) is 0 Å². The first-order valence-corrected chi connectivity index (χ1v) is 3.97. The molecule has 0 aliphatic rings. The Kier molecular flexibility index (Phi) is 2.08. The Bertz CT molecular complexity index is 179. The van der Waals surface area contributed by atoms with Crippen molar-refractivity contribution < 1.29 is 0 Å². The van der Waals surface area contributed by atoms with E-state index in [1.807, 2.05) is 0 Å². The molecule has 0 fully saturated rings. The molecule has 0 aliphatic heterocycles. The molecule has 1 N–H and O–H groups in total. The van der Waals surface area contributed by atoms with Crippen LogP contribution < -0.4 is 5.72 Å². The number of thiol groups is 3. The highest BCUT2D eigenvalue weighted by Gasteiger charge is 2.12. The van der Waals surface area contributed by atoms with E-state index in [2.05, 4.69) is 47.4 Å². The van der Waals surface area contributed by atoms with Gasteiger partial charge in [-0.25, -0.2) is 0 Å². The largest absolute Gasteiger partial charge is 0.381 e. The van der Waals surface area contributed by atoms with Crippen LogP contribution in [0.15, 0.2) is 12.4 Å². The van der Waals surface area contributed by atoms with Crippen molar-refractivity contribution in [3.63, 3.8) is 0 Å². The molecular formula is C3H6BN2S3-. The Morgan fingerprint density at radius 3 is 2.33 bits per heavy atom. The predicted molar refractivity (Wildman–Crippen MR) is 50.9 cm³/mol. The zero-order valence-electron chi connectivity index (χ0n) is 4.52. The molecule has 0 unspecified atom stereocenters. The van der Waals surface area contributed by atoms with Crippen molar-refractivity contribution in [1.29, 1.82) is 0 Å².